The molecular formula is C14H24N2O4. The number of likely N-dealkylation sites (tertiary alicyclic amines) is 1. The predicted octanol–water partition coefficient (Wildman–Crippen LogP) is 0.563. The van der Waals surface area contributed by atoms with Crippen molar-refractivity contribution in [2.24, 2.45) is 0 Å². The third kappa shape index (κ3) is 3.49. The van der Waals surface area contributed by atoms with Gasteiger partial charge in [-0.3, -0.25) is 14.5 Å². The molecule has 2 fully saturated rings. The largest absolute Gasteiger partial charge is 0.480 e. The molecule has 20 heavy (non-hydrogen) atoms. The van der Waals surface area contributed by atoms with E-state index < -0.39 is 12.0 Å². The standard InChI is InChI=1S/C14H24N2O4/c1-11(13(17)15-7-9-20-10-8-15)16-6-4-2-3-5-12(16)14(18)19/h11-12H,2-10H2,1H3,(H,18,19). The number of carboxylic acids is 1. The molecule has 114 valence electrons. The van der Waals surface area contributed by atoms with Crippen LogP contribution < -0.4 is 0 Å². The number of carbonyl (C=O) groups excluding carboxylic acids is 1. The number of rotatable bonds is 3. The van der Waals surface area contributed by atoms with Gasteiger partial charge in [0.25, 0.3) is 0 Å². The summed E-state index contributed by atoms with van der Waals surface area (Å²) >= 11 is 0. The van der Waals surface area contributed by atoms with E-state index in [9.17, 15) is 14.7 Å². The lowest BCUT2D eigenvalue weighted by molar-refractivity contribution is -0.149. The van der Waals surface area contributed by atoms with E-state index in [2.05, 4.69) is 0 Å². The molecule has 0 aromatic rings. The van der Waals surface area contributed by atoms with Gasteiger partial charge >= 0.3 is 5.97 Å². The molecule has 0 bridgehead atoms. The summed E-state index contributed by atoms with van der Waals surface area (Å²) in [4.78, 5) is 27.6. The van der Waals surface area contributed by atoms with E-state index in [-0.39, 0.29) is 11.9 Å². The maximum atomic E-state index is 12.5. The molecule has 6 heteroatoms. The Hall–Kier alpha value is -1.14. The Labute approximate surface area is 119 Å². The van der Waals surface area contributed by atoms with Crippen molar-refractivity contribution >= 4 is 11.9 Å². The summed E-state index contributed by atoms with van der Waals surface area (Å²) in [6.07, 6.45) is 3.56. The summed E-state index contributed by atoms with van der Waals surface area (Å²) in [5.74, 6) is -0.782. The van der Waals surface area contributed by atoms with Gasteiger partial charge in [0.15, 0.2) is 0 Å². The van der Waals surface area contributed by atoms with Crippen molar-refractivity contribution in [3.8, 4) is 0 Å². The zero-order chi connectivity index (χ0) is 14.5. The van der Waals surface area contributed by atoms with E-state index >= 15 is 0 Å². The van der Waals surface area contributed by atoms with Crippen LogP contribution >= 0.6 is 0 Å². The highest BCUT2D eigenvalue weighted by Crippen LogP contribution is 2.20. The van der Waals surface area contributed by atoms with Gasteiger partial charge in [-0.25, -0.2) is 0 Å². The quantitative estimate of drug-likeness (QED) is 0.820. The Kier molecular flexibility index (Phi) is 5.37. The minimum atomic E-state index is -0.812. The van der Waals surface area contributed by atoms with Gasteiger partial charge in [0.2, 0.25) is 5.91 Å². The smallest absolute Gasteiger partial charge is 0.320 e. The average Bonchev–Trinajstić information content (AvgIpc) is 2.72. The topological polar surface area (TPSA) is 70.1 Å². The summed E-state index contributed by atoms with van der Waals surface area (Å²) in [5, 5.41) is 9.39. The van der Waals surface area contributed by atoms with Gasteiger partial charge in [-0.2, -0.15) is 0 Å². The summed E-state index contributed by atoms with van der Waals surface area (Å²) in [6, 6.07) is -0.898. The molecule has 0 radical (unpaired) electrons. The fourth-order valence-corrected chi connectivity index (χ4v) is 3.05. The third-order valence-corrected chi connectivity index (χ3v) is 4.26. The maximum absolute atomic E-state index is 12.5. The van der Waals surface area contributed by atoms with Crippen LogP contribution in [0.15, 0.2) is 0 Å². The number of carbonyl (C=O) groups is 2. The minimum Gasteiger partial charge on any atom is -0.480 e. The van der Waals surface area contributed by atoms with Crippen molar-refractivity contribution < 1.29 is 19.4 Å². The van der Waals surface area contributed by atoms with Crippen LogP contribution in [0.1, 0.15) is 32.6 Å². The molecule has 2 saturated heterocycles. The van der Waals surface area contributed by atoms with Crippen LogP contribution in [-0.2, 0) is 14.3 Å². The van der Waals surface area contributed by atoms with Crippen molar-refractivity contribution in [2.75, 3.05) is 32.8 Å². The number of nitrogens with zero attached hydrogens (tertiary/aromatic N) is 2. The SMILES string of the molecule is CC(C(=O)N1CCOCC1)N1CCCCCC1C(=O)O. The van der Waals surface area contributed by atoms with Gasteiger partial charge in [-0.05, 0) is 26.3 Å². The molecule has 2 unspecified atom stereocenters. The molecule has 1 amide bonds. The molecule has 0 aliphatic carbocycles. The van der Waals surface area contributed by atoms with E-state index in [0.717, 1.165) is 19.3 Å². The number of morpholine rings is 1. The highest BCUT2D eigenvalue weighted by molar-refractivity contribution is 5.83. The van der Waals surface area contributed by atoms with E-state index in [0.29, 0.717) is 39.3 Å². The van der Waals surface area contributed by atoms with Crippen LogP contribution in [0, 0.1) is 0 Å². The molecule has 2 aliphatic rings. The van der Waals surface area contributed by atoms with E-state index in [1.807, 2.05) is 11.8 Å². The van der Waals surface area contributed by atoms with Crippen LogP contribution in [0.25, 0.3) is 0 Å². The van der Waals surface area contributed by atoms with Gasteiger partial charge in [0.05, 0.1) is 19.3 Å². The first-order chi connectivity index (χ1) is 9.61. The van der Waals surface area contributed by atoms with Crippen LogP contribution in [0.4, 0.5) is 0 Å². The van der Waals surface area contributed by atoms with Crippen molar-refractivity contribution in [1.82, 2.24) is 9.80 Å². The van der Waals surface area contributed by atoms with Crippen LogP contribution in [0.3, 0.4) is 0 Å². The van der Waals surface area contributed by atoms with Gasteiger partial charge in [-0.1, -0.05) is 12.8 Å². The summed E-state index contributed by atoms with van der Waals surface area (Å²) in [5.41, 5.74) is 0. The van der Waals surface area contributed by atoms with E-state index in [1.54, 1.807) is 4.90 Å². The second-order valence-electron chi connectivity index (χ2n) is 5.55. The number of amides is 1. The Bertz CT molecular complexity index is 355. The fraction of sp³-hybridized carbons (Fsp3) is 0.857. The van der Waals surface area contributed by atoms with Crippen molar-refractivity contribution in [2.45, 2.75) is 44.7 Å². The van der Waals surface area contributed by atoms with Gasteiger partial charge < -0.3 is 14.7 Å². The highest BCUT2D eigenvalue weighted by Gasteiger charge is 2.35. The first-order valence-electron chi connectivity index (χ1n) is 7.46. The van der Waals surface area contributed by atoms with Gasteiger partial charge in [0, 0.05) is 13.1 Å². The first kappa shape index (κ1) is 15.3. The summed E-state index contributed by atoms with van der Waals surface area (Å²) in [7, 11) is 0. The van der Waals surface area contributed by atoms with Gasteiger partial charge in [-0.15, -0.1) is 0 Å². The van der Waals surface area contributed by atoms with Crippen molar-refractivity contribution in [1.29, 1.82) is 0 Å². The Morgan fingerprint density at radius 2 is 1.85 bits per heavy atom. The second-order valence-corrected chi connectivity index (χ2v) is 5.55. The number of ether oxygens (including phenoxy) is 1. The highest BCUT2D eigenvalue weighted by atomic mass is 16.5. The van der Waals surface area contributed by atoms with Crippen LogP contribution in [0.5, 0.6) is 0 Å². The Morgan fingerprint density at radius 3 is 2.50 bits per heavy atom. The number of aliphatic carboxylic acids is 1. The zero-order valence-electron chi connectivity index (χ0n) is 12.1. The zero-order valence-corrected chi connectivity index (χ0v) is 12.1. The monoisotopic (exact) mass is 284 g/mol. The molecule has 6 nitrogen and oxygen atoms in total. The number of hydrogen-bond acceptors (Lipinski definition) is 4. The molecule has 2 atom stereocenters. The minimum absolute atomic E-state index is 0.0291. The van der Waals surface area contributed by atoms with Crippen LogP contribution in [0.2, 0.25) is 0 Å². The predicted molar refractivity (Wildman–Crippen MR) is 73.5 cm³/mol. The second kappa shape index (κ2) is 7.04. The summed E-state index contributed by atoms with van der Waals surface area (Å²) in [6.45, 7) is 4.87. The molecule has 2 rings (SSSR count). The third-order valence-electron chi connectivity index (χ3n) is 4.26. The van der Waals surface area contributed by atoms with E-state index in [4.69, 9.17) is 4.74 Å². The molecule has 0 aromatic heterocycles. The Morgan fingerprint density at radius 1 is 1.15 bits per heavy atom. The fourth-order valence-electron chi connectivity index (χ4n) is 3.05. The van der Waals surface area contributed by atoms with Crippen molar-refractivity contribution in [3.05, 3.63) is 0 Å². The normalized spacial score (nSPS) is 26.9. The summed E-state index contributed by atoms with van der Waals surface area (Å²) < 4.78 is 5.25. The average molecular weight is 284 g/mol. The molecule has 0 saturated carbocycles. The lowest BCUT2D eigenvalue weighted by Gasteiger charge is -2.36. The molecule has 2 heterocycles. The molecule has 2 aliphatic heterocycles. The van der Waals surface area contributed by atoms with E-state index in [1.165, 1.54) is 0 Å². The van der Waals surface area contributed by atoms with Crippen molar-refractivity contribution in [3.63, 3.8) is 0 Å². The first-order valence-corrected chi connectivity index (χ1v) is 7.46. The number of hydrogen-bond donors (Lipinski definition) is 1. The molecule has 0 spiro atoms. The van der Waals surface area contributed by atoms with Gasteiger partial charge in [0.1, 0.15) is 6.04 Å². The number of carboxylic acid groups (broad SMARTS) is 1. The Balaban J connectivity index is 2.05. The van der Waals surface area contributed by atoms with Crippen LogP contribution in [-0.4, -0.2) is 71.7 Å². The lowest BCUT2D eigenvalue weighted by atomic mass is 10.1. The maximum Gasteiger partial charge on any atom is 0.320 e. The molecular weight excluding hydrogens is 260 g/mol. The molecule has 1 N–H and O–H groups in total. The lowest BCUT2D eigenvalue weighted by Crippen LogP contribution is -2.54. The molecule has 0 aromatic carbocycles.